The maximum absolute atomic E-state index is 2.22. The second-order valence-corrected chi connectivity index (χ2v) is 5.15. The minimum Gasteiger partial charge on any atom is -0.0938 e. The molecule has 13 heavy (non-hydrogen) atoms. The SMILES string of the molecule is CCCSSCc1ccccc1.[Na]. The van der Waals surface area contributed by atoms with Gasteiger partial charge in [-0.2, -0.15) is 0 Å². The maximum atomic E-state index is 2.22. The molecule has 0 fully saturated rings. The Bertz CT molecular complexity index is 201. The molecular weight excluding hydrogens is 207 g/mol. The van der Waals surface area contributed by atoms with Gasteiger partial charge in [0.1, 0.15) is 0 Å². The number of rotatable bonds is 5. The molecule has 0 atom stereocenters. The normalized spacial score (nSPS) is 9.31. The Hall–Kier alpha value is 0.920. The Morgan fingerprint density at radius 2 is 1.77 bits per heavy atom. The van der Waals surface area contributed by atoms with Crippen molar-refractivity contribution in [1.82, 2.24) is 0 Å². The first kappa shape index (κ1) is 13.9. The van der Waals surface area contributed by atoms with E-state index in [-0.39, 0.29) is 29.6 Å². The van der Waals surface area contributed by atoms with E-state index >= 15 is 0 Å². The predicted octanol–water partition coefficient (Wildman–Crippen LogP) is 3.60. The van der Waals surface area contributed by atoms with Gasteiger partial charge in [0, 0.05) is 41.1 Å². The summed E-state index contributed by atoms with van der Waals surface area (Å²) < 4.78 is 0. The van der Waals surface area contributed by atoms with Crippen molar-refractivity contribution in [1.29, 1.82) is 0 Å². The maximum Gasteiger partial charge on any atom is 0.0288 e. The van der Waals surface area contributed by atoms with Gasteiger partial charge in [0.05, 0.1) is 0 Å². The van der Waals surface area contributed by atoms with Crippen LogP contribution in [-0.4, -0.2) is 35.3 Å². The Kier molecular flexibility index (Phi) is 10.1. The van der Waals surface area contributed by atoms with Crippen molar-refractivity contribution in [3.8, 4) is 0 Å². The topological polar surface area (TPSA) is 0 Å². The second kappa shape index (κ2) is 9.47. The van der Waals surface area contributed by atoms with Crippen molar-refractivity contribution in [3.05, 3.63) is 35.9 Å². The summed E-state index contributed by atoms with van der Waals surface area (Å²) in [4.78, 5) is 0. The fourth-order valence-corrected chi connectivity index (χ4v) is 3.03. The Balaban J connectivity index is 0.00000144. The van der Waals surface area contributed by atoms with Gasteiger partial charge in [0.25, 0.3) is 0 Å². The summed E-state index contributed by atoms with van der Waals surface area (Å²) in [5.41, 5.74) is 1.42. The van der Waals surface area contributed by atoms with Crippen molar-refractivity contribution < 1.29 is 0 Å². The van der Waals surface area contributed by atoms with Crippen LogP contribution in [0.4, 0.5) is 0 Å². The minimum atomic E-state index is 0. The van der Waals surface area contributed by atoms with E-state index in [4.69, 9.17) is 0 Å². The molecule has 0 N–H and O–H groups in total. The Labute approximate surface area is 111 Å². The minimum absolute atomic E-state index is 0. The van der Waals surface area contributed by atoms with Crippen LogP contribution in [0.15, 0.2) is 30.3 Å². The molecule has 0 aromatic heterocycles. The van der Waals surface area contributed by atoms with Crippen LogP contribution < -0.4 is 0 Å². The van der Waals surface area contributed by atoms with Crippen molar-refractivity contribution in [2.24, 2.45) is 0 Å². The van der Waals surface area contributed by atoms with Gasteiger partial charge in [-0.3, -0.25) is 0 Å². The average Bonchev–Trinajstić information content (AvgIpc) is 2.14. The largest absolute Gasteiger partial charge is 0.0938 e. The van der Waals surface area contributed by atoms with E-state index < -0.39 is 0 Å². The van der Waals surface area contributed by atoms with Crippen molar-refractivity contribution in [2.75, 3.05) is 5.75 Å². The summed E-state index contributed by atoms with van der Waals surface area (Å²) in [6, 6.07) is 10.6. The smallest absolute Gasteiger partial charge is 0.0288 e. The molecule has 67 valence electrons. The molecule has 0 aliphatic rings. The van der Waals surface area contributed by atoms with Crippen LogP contribution >= 0.6 is 21.6 Å². The van der Waals surface area contributed by atoms with Crippen LogP contribution in [0.25, 0.3) is 0 Å². The van der Waals surface area contributed by atoms with E-state index in [0.29, 0.717) is 0 Å². The molecule has 0 saturated carbocycles. The number of hydrogen-bond acceptors (Lipinski definition) is 2. The van der Waals surface area contributed by atoms with E-state index in [1.165, 1.54) is 17.7 Å². The van der Waals surface area contributed by atoms with Crippen molar-refractivity contribution in [3.63, 3.8) is 0 Å². The molecule has 1 rings (SSSR count). The van der Waals surface area contributed by atoms with Crippen LogP contribution in [0, 0.1) is 0 Å². The zero-order valence-corrected chi connectivity index (χ0v) is 12.0. The number of hydrogen-bond donors (Lipinski definition) is 0. The molecule has 0 aliphatic carbocycles. The third-order valence-corrected chi connectivity index (χ3v) is 3.99. The van der Waals surface area contributed by atoms with E-state index in [0.717, 1.165) is 5.75 Å². The monoisotopic (exact) mass is 221 g/mol. The van der Waals surface area contributed by atoms with E-state index in [1.54, 1.807) is 0 Å². The molecule has 0 spiro atoms. The first-order valence-electron chi connectivity index (χ1n) is 4.22. The molecule has 0 bridgehead atoms. The molecule has 0 amide bonds. The molecule has 1 aromatic carbocycles. The third-order valence-electron chi connectivity index (χ3n) is 1.44. The molecular formula is C10H14NaS2. The van der Waals surface area contributed by atoms with Gasteiger partial charge >= 0.3 is 0 Å². The zero-order valence-electron chi connectivity index (χ0n) is 8.32. The molecule has 1 radical (unpaired) electrons. The standard InChI is InChI=1S/C10H14S2.Na/c1-2-8-11-12-9-10-6-4-3-5-7-10;/h3-7H,2,8-9H2,1H3;. The van der Waals surface area contributed by atoms with Crippen LogP contribution in [0.5, 0.6) is 0 Å². The first-order chi connectivity index (χ1) is 5.93. The Morgan fingerprint density at radius 3 is 2.38 bits per heavy atom. The second-order valence-electron chi connectivity index (χ2n) is 2.57. The van der Waals surface area contributed by atoms with Gasteiger partial charge in [-0.1, -0.05) is 58.8 Å². The van der Waals surface area contributed by atoms with Crippen LogP contribution in [0.2, 0.25) is 0 Å². The van der Waals surface area contributed by atoms with Gasteiger partial charge in [-0.15, -0.1) is 0 Å². The van der Waals surface area contributed by atoms with E-state index in [9.17, 15) is 0 Å². The van der Waals surface area contributed by atoms with Gasteiger partial charge in [0.15, 0.2) is 0 Å². The summed E-state index contributed by atoms with van der Waals surface area (Å²) in [5.74, 6) is 2.39. The van der Waals surface area contributed by atoms with Gasteiger partial charge < -0.3 is 0 Å². The molecule has 0 heterocycles. The van der Waals surface area contributed by atoms with Crippen molar-refractivity contribution in [2.45, 2.75) is 19.1 Å². The van der Waals surface area contributed by atoms with Gasteiger partial charge in [-0.25, -0.2) is 0 Å². The summed E-state index contributed by atoms with van der Waals surface area (Å²) in [7, 11) is 3.91. The average molecular weight is 221 g/mol. The van der Waals surface area contributed by atoms with Crippen molar-refractivity contribution >= 4 is 51.1 Å². The third kappa shape index (κ3) is 6.92. The zero-order chi connectivity index (χ0) is 8.65. The molecule has 0 nitrogen and oxygen atoms in total. The summed E-state index contributed by atoms with van der Waals surface area (Å²) in [6.07, 6.45) is 1.27. The molecule has 0 unspecified atom stereocenters. The van der Waals surface area contributed by atoms with Gasteiger partial charge in [-0.05, 0) is 12.0 Å². The molecule has 0 aliphatic heterocycles. The molecule has 0 saturated heterocycles. The number of benzene rings is 1. The van der Waals surface area contributed by atoms with E-state index in [1.807, 2.05) is 21.6 Å². The quantitative estimate of drug-likeness (QED) is 0.423. The van der Waals surface area contributed by atoms with Crippen LogP contribution in [-0.2, 0) is 5.75 Å². The van der Waals surface area contributed by atoms with Gasteiger partial charge in [0.2, 0.25) is 0 Å². The fourth-order valence-electron chi connectivity index (χ4n) is 0.826. The Morgan fingerprint density at radius 1 is 1.08 bits per heavy atom. The molecule has 3 heteroatoms. The van der Waals surface area contributed by atoms with Crippen LogP contribution in [0.3, 0.4) is 0 Å². The summed E-state index contributed by atoms with van der Waals surface area (Å²) in [6.45, 7) is 2.22. The fraction of sp³-hybridized carbons (Fsp3) is 0.400. The van der Waals surface area contributed by atoms with Crippen LogP contribution in [0.1, 0.15) is 18.9 Å². The molecule has 1 aromatic rings. The summed E-state index contributed by atoms with van der Waals surface area (Å²) >= 11 is 0. The first-order valence-corrected chi connectivity index (χ1v) is 6.70. The van der Waals surface area contributed by atoms with E-state index in [2.05, 4.69) is 37.3 Å². The predicted molar refractivity (Wildman–Crippen MR) is 66.2 cm³/mol. The summed E-state index contributed by atoms with van der Waals surface area (Å²) in [5, 5.41) is 0.